The van der Waals surface area contributed by atoms with Crippen molar-refractivity contribution in [3.05, 3.63) is 64.0 Å². The molecule has 0 fully saturated rings. The lowest BCUT2D eigenvalue weighted by Crippen LogP contribution is -2.07. The highest BCUT2D eigenvalue weighted by Gasteiger charge is 2.22. The maximum atomic E-state index is 13.8. The molecule has 0 aliphatic heterocycles. The van der Waals surface area contributed by atoms with E-state index in [9.17, 15) is 9.18 Å². The van der Waals surface area contributed by atoms with Crippen molar-refractivity contribution in [3.8, 4) is 17.0 Å². The van der Waals surface area contributed by atoms with Crippen LogP contribution in [0.25, 0.3) is 11.3 Å². The average Bonchev–Trinajstić information content (AvgIpc) is 3.12. The molecule has 0 saturated carbocycles. The van der Waals surface area contributed by atoms with Gasteiger partial charge >= 0.3 is 5.97 Å². The van der Waals surface area contributed by atoms with E-state index in [0.29, 0.717) is 22.6 Å². The zero-order valence-electron chi connectivity index (χ0n) is 13.8. The van der Waals surface area contributed by atoms with Gasteiger partial charge < -0.3 is 9.47 Å². The van der Waals surface area contributed by atoms with Crippen molar-refractivity contribution in [2.24, 2.45) is 0 Å². The van der Waals surface area contributed by atoms with Gasteiger partial charge in [0.2, 0.25) is 0 Å². The third-order valence-corrected chi connectivity index (χ3v) is 4.05. The van der Waals surface area contributed by atoms with Crippen molar-refractivity contribution in [3.63, 3.8) is 0 Å². The third kappa shape index (κ3) is 3.91. The molecule has 3 aromatic rings. The van der Waals surface area contributed by atoms with Crippen molar-refractivity contribution < 1.29 is 18.7 Å². The first-order valence-electron chi connectivity index (χ1n) is 7.84. The number of aromatic nitrogens is 3. The molecule has 0 spiro atoms. The van der Waals surface area contributed by atoms with Crippen LogP contribution in [0.2, 0.25) is 0 Å². The zero-order chi connectivity index (χ0) is 18.5. The van der Waals surface area contributed by atoms with E-state index in [0.717, 1.165) is 4.47 Å². The predicted molar refractivity (Wildman–Crippen MR) is 96.2 cm³/mol. The van der Waals surface area contributed by atoms with E-state index < -0.39 is 5.97 Å². The van der Waals surface area contributed by atoms with Gasteiger partial charge in [0.1, 0.15) is 23.9 Å². The maximum absolute atomic E-state index is 13.8. The summed E-state index contributed by atoms with van der Waals surface area (Å²) in [7, 11) is 0. The Labute approximate surface area is 157 Å². The van der Waals surface area contributed by atoms with Crippen LogP contribution < -0.4 is 4.74 Å². The number of hydrogen-bond acceptors (Lipinski definition) is 5. The second-order valence-electron chi connectivity index (χ2n) is 5.26. The number of benzene rings is 2. The topological polar surface area (TPSA) is 77.1 Å². The molecule has 0 radical (unpaired) electrons. The SMILES string of the molecule is CCOC(=O)c1n[nH]nc1-c1cc(Br)ccc1OCc1ccccc1F. The normalized spacial score (nSPS) is 10.6. The number of nitrogens with zero attached hydrogens (tertiary/aromatic N) is 2. The van der Waals surface area contributed by atoms with Crippen molar-refractivity contribution in [1.29, 1.82) is 0 Å². The number of hydrogen-bond donors (Lipinski definition) is 1. The monoisotopic (exact) mass is 419 g/mol. The highest BCUT2D eigenvalue weighted by atomic mass is 79.9. The molecule has 0 atom stereocenters. The molecule has 1 N–H and O–H groups in total. The largest absolute Gasteiger partial charge is 0.488 e. The molecule has 0 saturated heterocycles. The Bertz CT molecular complexity index is 930. The summed E-state index contributed by atoms with van der Waals surface area (Å²) in [6, 6.07) is 11.6. The second-order valence-corrected chi connectivity index (χ2v) is 6.18. The minimum absolute atomic E-state index is 0.0356. The number of carbonyl (C=O) groups is 1. The maximum Gasteiger partial charge on any atom is 0.361 e. The Balaban J connectivity index is 1.94. The van der Waals surface area contributed by atoms with Crippen LogP contribution in [0.5, 0.6) is 5.75 Å². The number of aromatic amines is 1. The molecule has 3 rings (SSSR count). The van der Waals surface area contributed by atoms with Gasteiger partial charge in [-0.05, 0) is 31.2 Å². The summed E-state index contributed by atoms with van der Waals surface area (Å²) in [5, 5.41) is 10.4. The quantitative estimate of drug-likeness (QED) is 0.607. The Hall–Kier alpha value is -2.74. The molecule has 8 heteroatoms. The van der Waals surface area contributed by atoms with Gasteiger partial charge in [0.15, 0.2) is 5.69 Å². The fourth-order valence-electron chi connectivity index (χ4n) is 2.34. The average molecular weight is 420 g/mol. The summed E-state index contributed by atoms with van der Waals surface area (Å²) in [5.41, 5.74) is 1.31. The van der Waals surface area contributed by atoms with Crippen molar-refractivity contribution in [2.75, 3.05) is 6.61 Å². The van der Waals surface area contributed by atoms with Gasteiger partial charge in [0.25, 0.3) is 0 Å². The summed E-state index contributed by atoms with van der Waals surface area (Å²) >= 11 is 3.39. The van der Waals surface area contributed by atoms with Crippen molar-refractivity contribution in [1.82, 2.24) is 15.4 Å². The summed E-state index contributed by atoms with van der Waals surface area (Å²) in [4.78, 5) is 12.1. The summed E-state index contributed by atoms with van der Waals surface area (Å²) < 4.78 is 25.4. The van der Waals surface area contributed by atoms with Crippen LogP contribution in [0.1, 0.15) is 23.0 Å². The Morgan fingerprint density at radius 3 is 2.81 bits per heavy atom. The molecule has 0 aliphatic rings. The second kappa shape index (κ2) is 8.09. The highest BCUT2D eigenvalue weighted by molar-refractivity contribution is 9.10. The standard InChI is InChI=1S/C18H15BrFN3O3/c1-2-25-18(24)17-16(21-23-22-17)13-9-12(19)7-8-15(13)26-10-11-5-3-4-6-14(11)20/h3-9H,2,10H2,1H3,(H,21,22,23). The van der Waals surface area contributed by atoms with Crippen LogP contribution in [0, 0.1) is 5.82 Å². The fourth-order valence-corrected chi connectivity index (χ4v) is 2.71. The fraction of sp³-hybridized carbons (Fsp3) is 0.167. The Morgan fingerprint density at radius 1 is 1.23 bits per heavy atom. The lowest BCUT2D eigenvalue weighted by atomic mass is 10.1. The lowest BCUT2D eigenvalue weighted by Gasteiger charge is -2.12. The number of nitrogens with one attached hydrogen (secondary N) is 1. The molecule has 1 aromatic heterocycles. The Morgan fingerprint density at radius 2 is 2.04 bits per heavy atom. The molecule has 26 heavy (non-hydrogen) atoms. The van der Waals surface area contributed by atoms with Crippen molar-refractivity contribution >= 4 is 21.9 Å². The number of H-pyrrole nitrogens is 1. The van der Waals surface area contributed by atoms with Gasteiger partial charge in [-0.3, -0.25) is 0 Å². The van der Waals surface area contributed by atoms with Gasteiger partial charge in [-0.15, -0.1) is 5.10 Å². The first kappa shape index (κ1) is 18.1. The zero-order valence-corrected chi connectivity index (χ0v) is 15.4. The summed E-state index contributed by atoms with van der Waals surface area (Å²) in [5.74, 6) is -0.494. The lowest BCUT2D eigenvalue weighted by molar-refractivity contribution is 0.0520. The molecule has 0 aliphatic carbocycles. The van der Waals surface area contributed by atoms with E-state index in [1.807, 2.05) is 0 Å². The van der Waals surface area contributed by atoms with Crippen LogP contribution in [-0.2, 0) is 11.3 Å². The molecule has 134 valence electrons. The first-order valence-corrected chi connectivity index (χ1v) is 8.63. The molecule has 2 aromatic carbocycles. The van der Waals surface area contributed by atoms with E-state index in [1.165, 1.54) is 6.07 Å². The molecular weight excluding hydrogens is 405 g/mol. The number of rotatable bonds is 6. The summed E-state index contributed by atoms with van der Waals surface area (Å²) in [6.45, 7) is 1.97. The highest BCUT2D eigenvalue weighted by Crippen LogP contribution is 2.33. The van der Waals surface area contributed by atoms with Gasteiger partial charge in [0, 0.05) is 15.6 Å². The number of halogens is 2. The van der Waals surface area contributed by atoms with Crippen LogP contribution in [0.3, 0.4) is 0 Å². The number of ether oxygens (including phenoxy) is 2. The summed E-state index contributed by atoms with van der Waals surface area (Å²) in [6.07, 6.45) is 0. The van der Waals surface area contributed by atoms with Crippen LogP contribution in [0.15, 0.2) is 46.9 Å². The van der Waals surface area contributed by atoms with Gasteiger partial charge in [-0.2, -0.15) is 10.3 Å². The van der Waals surface area contributed by atoms with E-state index in [-0.39, 0.29) is 24.7 Å². The third-order valence-electron chi connectivity index (χ3n) is 3.55. The van der Waals surface area contributed by atoms with Gasteiger partial charge in [-0.25, -0.2) is 9.18 Å². The van der Waals surface area contributed by atoms with Crippen molar-refractivity contribution in [2.45, 2.75) is 13.5 Å². The molecule has 6 nitrogen and oxygen atoms in total. The van der Waals surface area contributed by atoms with Gasteiger partial charge in [-0.1, -0.05) is 34.1 Å². The molecule has 0 bridgehead atoms. The molecular formula is C18H15BrFN3O3. The predicted octanol–water partition coefficient (Wildman–Crippen LogP) is 4.13. The van der Waals surface area contributed by atoms with Crippen LogP contribution in [-0.4, -0.2) is 28.0 Å². The van der Waals surface area contributed by atoms with Gasteiger partial charge in [0.05, 0.1) is 6.61 Å². The van der Waals surface area contributed by atoms with E-state index >= 15 is 0 Å². The van der Waals surface area contributed by atoms with Crippen LogP contribution in [0.4, 0.5) is 4.39 Å². The molecule has 0 unspecified atom stereocenters. The van der Waals surface area contributed by atoms with E-state index in [4.69, 9.17) is 9.47 Å². The minimum Gasteiger partial charge on any atom is -0.488 e. The number of esters is 1. The van der Waals surface area contributed by atoms with E-state index in [1.54, 1.807) is 43.3 Å². The smallest absolute Gasteiger partial charge is 0.361 e. The number of carbonyl (C=O) groups excluding carboxylic acids is 1. The Kier molecular flexibility index (Phi) is 5.62. The first-order chi connectivity index (χ1) is 12.6. The minimum atomic E-state index is -0.587. The molecule has 0 amide bonds. The van der Waals surface area contributed by atoms with Crippen LogP contribution >= 0.6 is 15.9 Å². The van der Waals surface area contributed by atoms with E-state index in [2.05, 4.69) is 31.3 Å². The molecule has 1 heterocycles.